The lowest BCUT2D eigenvalue weighted by atomic mass is 9.89. The smallest absolute Gasteiger partial charge is 0.312 e. The van der Waals surface area contributed by atoms with Gasteiger partial charge in [-0.3, -0.25) is 19.2 Å². The number of pyridine rings is 2. The zero-order valence-electron chi connectivity index (χ0n) is 25.0. The van der Waals surface area contributed by atoms with E-state index in [9.17, 15) is 42.6 Å². The standard InChI is InChI=1S/C29H36F3N5O7/c1-11(2)12(3)24-28(42)35-15(6)21(37-27(41)22-18(38)8-7-9-33-22)26(40)36-17(23(39)13(4)29(43)44-24)10-16-14(5)34-25(32)20(31)19(16)30/h7-9,11-13,15,17,21,23-24,38-39H,10H2,1-6H3,(H,35,42)(H,36,40)(H,37,41)/t12?,13-,15-,17+,21+,23+,24?/m1/s1. The number of carbonyl (C=O) groups is 4. The van der Waals surface area contributed by atoms with Crippen LogP contribution in [0.5, 0.6) is 5.75 Å². The Balaban J connectivity index is 2.10. The predicted molar refractivity (Wildman–Crippen MR) is 148 cm³/mol. The number of aliphatic hydroxyl groups excluding tert-OH is 1. The molecule has 2 unspecified atom stereocenters. The second-order valence-electron chi connectivity index (χ2n) is 11.3. The van der Waals surface area contributed by atoms with Crippen molar-refractivity contribution < 1.29 is 47.3 Å². The van der Waals surface area contributed by atoms with Crippen LogP contribution in [0.4, 0.5) is 13.2 Å². The van der Waals surface area contributed by atoms with E-state index in [0.29, 0.717) is 0 Å². The lowest BCUT2D eigenvalue weighted by molar-refractivity contribution is -0.168. The van der Waals surface area contributed by atoms with Gasteiger partial charge in [0.2, 0.25) is 11.7 Å². The highest BCUT2D eigenvalue weighted by atomic mass is 19.2. The van der Waals surface area contributed by atoms with E-state index in [1.54, 1.807) is 20.8 Å². The molecule has 0 radical (unpaired) electrons. The fourth-order valence-electron chi connectivity index (χ4n) is 4.69. The fraction of sp³-hybridized carbons (Fsp3) is 0.517. The van der Waals surface area contributed by atoms with Crippen LogP contribution in [0.25, 0.3) is 0 Å². The number of rotatable bonds is 6. The molecule has 2 aromatic heterocycles. The van der Waals surface area contributed by atoms with Gasteiger partial charge in [-0.15, -0.1) is 0 Å². The Morgan fingerprint density at radius 1 is 1.09 bits per heavy atom. The van der Waals surface area contributed by atoms with Crippen LogP contribution in [0.15, 0.2) is 18.3 Å². The number of ether oxygens (including phenoxy) is 1. The van der Waals surface area contributed by atoms with E-state index in [4.69, 9.17) is 4.74 Å². The van der Waals surface area contributed by atoms with Crippen LogP contribution in [0.2, 0.25) is 0 Å². The summed E-state index contributed by atoms with van der Waals surface area (Å²) in [5.41, 5.74) is -1.18. The highest BCUT2D eigenvalue weighted by Crippen LogP contribution is 2.24. The third-order valence-electron chi connectivity index (χ3n) is 7.86. The topological polar surface area (TPSA) is 180 Å². The minimum Gasteiger partial charge on any atom is -0.505 e. The lowest BCUT2D eigenvalue weighted by Crippen LogP contribution is -2.63. The molecule has 7 atom stereocenters. The molecule has 0 aliphatic carbocycles. The van der Waals surface area contributed by atoms with Crippen molar-refractivity contribution in [3.05, 3.63) is 52.9 Å². The van der Waals surface area contributed by atoms with Crippen LogP contribution in [0.3, 0.4) is 0 Å². The molecular formula is C29H36F3N5O7. The number of hydrogen-bond donors (Lipinski definition) is 5. The molecule has 12 nitrogen and oxygen atoms in total. The quantitative estimate of drug-likeness (QED) is 0.235. The van der Waals surface area contributed by atoms with Gasteiger partial charge in [-0.25, -0.2) is 14.4 Å². The van der Waals surface area contributed by atoms with Crippen LogP contribution in [0.1, 0.15) is 56.4 Å². The molecule has 15 heteroatoms. The molecule has 5 N–H and O–H groups in total. The van der Waals surface area contributed by atoms with Crippen molar-refractivity contribution >= 4 is 23.7 Å². The summed E-state index contributed by atoms with van der Waals surface area (Å²) in [4.78, 5) is 60.4. The number of aliphatic hydroxyl groups is 1. The number of amides is 3. The third kappa shape index (κ3) is 7.44. The van der Waals surface area contributed by atoms with Crippen molar-refractivity contribution in [1.29, 1.82) is 0 Å². The molecule has 1 fully saturated rings. The number of cyclic esters (lactones) is 1. The third-order valence-corrected chi connectivity index (χ3v) is 7.86. The maximum absolute atomic E-state index is 14.8. The van der Waals surface area contributed by atoms with Crippen molar-refractivity contribution in [3.63, 3.8) is 0 Å². The van der Waals surface area contributed by atoms with Crippen LogP contribution in [0, 0.1) is 42.3 Å². The SMILES string of the molecule is Cc1nc(F)c(F)c(F)c1C[C@@H]1NC(=O)[C@@H](NC(=O)c2ncccc2O)[C@@H](C)NC(=O)C(C(C)C(C)C)OC(=O)[C@H](C)[C@@H]1O. The van der Waals surface area contributed by atoms with Crippen LogP contribution >= 0.6 is 0 Å². The summed E-state index contributed by atoms with van der Waals surface area (Å²) < 4.78 is 48.2. The lowest BCUT2D eigenvalue weighted by Gasteiger charge is -2.35. The van der Waals surface area contributed by atoms with Gasteiger partial charge in [-0.05, 0) is 45.2 Å². The Hall–Kier alpha value is -4.27. The number of aromatic hydroxyl groups is 1. The van der Waals surface area contributed by atoms with E-state index in [0.717, 1.165) is 0 Å². The van der Waals surface area contributed by atoms with Crippen molar-refractivity contribution in [1.82, 2.24) is 25.9 Å². The van der Waals surface area contributed by atoms with Crippen molar-refractivity contribution in [3.8, 4) is 5.75 Å². The van der Waals surface area contributed by atoms with E-state index in [2.05, 4.69) is 25.9 Å². The largest absolute Gasteiger partial charge is 0.505 e. The van der Waals surface area contributed by atoms with E-state index in [1.807, 2.05) is 0 Å². The first-order chi connectivity index (χ1) is 20.5. The van der Waals surface area contributed by atoms with Gasteiger partial charge >= 0.3 is 5.97 Å². The molecule has 240 valence electrons. The van der Waals surface area contributed by atoms with Gasteiger partial charge in [0, 0.05) is 23.4 Å². The van der Waals surface area contributed by atoms with Crippen molar-refractivity contribution in [2.24, 2.45) is 17.8 Å². The Bertz CT molecular complexity index is 1430. The Kier molecular flexibility index (Phi) is 10.9. The molecule has 1 aliphatic rings. The number of halogens is 3. The zero-order valence-corrected chi connectivity index (χ0v) is 25.0. The summed E-state index contributed by atoms with van der Waals surface area (Å²) in [6.07, 6.45) is -2.59. The average molecular weight is 624 g/mol. The second kappa shape index (κ2) is 14.0. The molecule has 0 saturated carbocycles. The number of nitrogens with one attached hydrogen (secondary N) is 3. The summed E-state index contributed by atoms with van der Waals surface area (Å²) in [5.74, 6) is -11.5. The van der Waals surface area contributed by atoms with Gasteiger partial charge in [-0.1, -0.05) is 20.8 Å². The fourth-order valence-corrected chi connectivity index (χ4v) is 4.69. The van der Waals surface area contributed by atoms with Crippen molar-refractivity contribution in [2.45, 2.75) is 78.3 Å². The number of aromatic nitrogens is 2. The maximum Gasteiger partial charge on any atom is 0.312 e. The first kappa shape index (κ1) is 34.2. The average Bonchev–Trinajstić information content (AvgIpc) is 2.97. The van der Waals surface area contributed by atoms with Crippen LogP contribution < -0.4 is 16.0 Å². The van der Waals surface area contributed by atoms with Gasteiger partial charge in [0.1, 0.15) is 11.8 Å². The molecule has 44 heavy (non-hydrogen) atoms. The van der Waals surface area contributed by atoms with Crippen molar-refractivity contribution in [2.75, 3.05) is 0 Å². The van der Waals surface area contributed by atoms with E-state index in [-0.39, 0.29) is 11.6 Å². The highest BCUT2D eigenvalue weighted by molar-refractivity contribution is 5.98. The van der Waals surface area contributed by atoms with Gasteiger partial charge in [-0.2, -0.15) is 8.78 Å². The molecule has 3 amide bonds. The van der Waals surface area contributed by atoms with Crippen LogP contribution in [-0.2, 0) is 25.5 Å². The predicted octanol–water partition coefficient (Wildman–Crippen LogP) is 1.45. The highest BCUT2D eigenvalue weighted by Gasteiger charge is 2.41. The van der Waals surface area contributed by atoms with Gasteiger partial charge < -0.3 is 30.9 Å². The molecule has 0 bridgehead atoms. The number of hydrogen-bond acceptors (Lipinski definition) is 9. The molecule has 0 aromatic carbocycles. The van der Waals surface area contributed by atoms with Crippen LogP contribution in [-0.4, -0.2) is 74.2 Å². The first-order valence-corrected chi connectivity index (χ1v) is 14.0. The molecule has 1 saturated heterocycles. The minimum absolute atomic E-state index is 0.160. The number of nitrogens with zero attached hydrogens (tertiary/aromatic N) is 2. The second-order valence-corrected chi connectivity index (χ2v) is 11.3. The molecule has 2 aromatic rings. The molecule has 3 heterocycles. The number of esters is 1. The first-order valence-electron chi connectivity index (χ1n) is 14.0. The normalized spacial score (nSPS) is 25.7. The Labute approximate surface area is 251 Å². The summed E-state index contributed by atoms with van der Waals surface area (Å²) in [5, 5.41) is 28.8. The maximum atomic E-state index is 14.8. The minimum atomic E-state index is -1.87. The Morgan fingerprint density at radius 2 is 1.75 bits per heavy atom. The molecule has 3 rings (SSSR count). The molecule has 1 aliphatic heterocycles. The summed E-state index contributed by atoms with van der Waals surface area (Å²) in [6, 6.07) is -1.74. The number of carbonyl (C=O) groups excluding carboxylic acids is 4. The number of aryl methyl sites for hydroxylation is 1. The van der Waals surface area contributed by atoms with E-state index >= 15 is 0 Å². The van der Waals surface area contributed by atoms with Gasteiger partial charge in [0.25, 0.3) is 17.8 Å². The van der Waals surface area contributed by atoms with E-state index < -0.39 is 107 Å². The summed E-state index contributed by atoms with van der Waals surface area (Å²) in [6.45, 7) is 9.08. The van der Waals surface area contributed by atoms with Gasteiger partial charge in [0.05, 0.1) is 24.1 Å². The van der Waals surface area contributed by atoms with Gasteiger partial charge in [0.15, 0.2) is 17.6 Å². The zero-order chi connectivity index (χ0) is 33.0. The van der Waals surface area contributed by atoms with E-state index in [1.165, 1.54) is 39.1 Å². The Morgan fingerprint density at radius 3 is 2.36 bits per heavy atom. The summed E-state index contributed by atoms with van der Waals surface area (Å²) >= 11 is 0. The summed E-state index contributed by atoms with van der Waals surface area (Å²) in [7, 11) is 0. The molecular weight excluding hydrogens is 587 g/mol. The monoisotopic (exact) mass is 623 g/mol. The molecule has 0 spiro atoms.